The summed E-state index contributed by atoms with van der Waals surface area (Å²) < 4.78 is 1.36. The number of H-pyrrole nitrogens is 1. The molecule has 29 heavy (non-hydrogen) atoms. The molecule has 0 spiro atoms. The number of rotatable bonds is 10. The Labute approximate surface area is 173 Å². The van der Waals surface area contributed by atoms with Gasteiger partial charge in [-0.3, -0.25) is 9.59 Å². The van der Waals surface area contributed by atoms with E-state index in [4.69, 9.17) is 0 Å². The molecule has 0 aliphatic carbocycles. The first-order chi connectivity index (χ1) is 14.1. The van der Waals surface area contributed by atoms with E-state index in [1.165, 1.54) is 41.9 Å². The minimum atomic E-state index is -0.250. The standard InChI is InChI=1S/C20H26N6O2S/c1-3-4-5-6-9-14(2)23-17(27)12-29-20-24-16-11-8-7-10-15(16)18(28)26(20)19-21-13-22-25-19/h7-8,10-11,13-14H,3-6,9,12H2,1-2H3,(H,23,27)(H,21,22,25)/t14-/m0/s1. The molecule has 9 heteroatoms. The van der Waals surface area contributed by atoms with E-state index in [2.05, 4.69) is 32.4 Å². The van der Waals surface area contributed by atoms with Crippen molar-refractivity contribution in [2.45, 2.75) is 57.1 Å². The molecule has 0 saturated carbocycles. The number of unbranched alkanes of at least 4 members (excludes halogenated alkanes) is 3. The quantitative estimate of drug-likeness (QED) is 0.300. The van der Waals surface area contributed by atoms with Crippen molar-refractivity contribution >= 4 is 28.6 Å². The Hall–Kier alpha value is -2.68. The molecule has 3 rings (SSSR count). The summed E-state index contributed by atoms with van der Waals surface area (Å²) in [7, 11) is 0. The van der Waals surface area contributed by atoms with Crippen LogP contribution in [0.2, 0.25) is 0 Å². The molecule has 154 valence electrons. The van der Waals surface area contributed by atoms with Crippen LogP contribution in [0.3, 0.4) is 0 Å². The molecule has 2 N–H and O–H groups in total. The molecule has 1 aromatic carbocycles. The Morgan fingerprint density at radius 1 is 1.28 bits per heavy atom. The molecular formula is C20H26N6O2S. The fourth-order valence-electron chi connectivity index (χ4n) is 3.10. The molecule has 0 bridgehead atoms. The van der Waals surface area contributed by atoms with Gasteiger partial charge in [-0.1, -0.05) is 56.5 Å². The molecule has 1 amide bonds. The number of hydrogen-bond donors (Lipinski definition) is 2. The second kappa shape index (κ2) is 10.2. The summed E-state index contributed by atoms with van der Waals surface area (Å²) in [6.07, 6.45) is 7.02. The lowest BCUT2D eigenvalue weighted by molar-refractivity contribution is -0.119. The number of nitrogens with one attached hydrogen (secondary N) is 2. The third-order valence-corrected chi connectivity index (χ3v) is 5.53. The fourth-order valence-corrected chi connectivity index (χ4v) is 3.90. The summed E-state index contributed by atoms with van der Waals surface area (Å²) >= 11 is 1.21. The SMILES string of the molecule is CCCCCC[C@H](C)NC(=O)CSc1nc2ccccc2c(=O)n1-c1ncn[nH]1. The number of carbonyl (C=O) groups excluding carboxylic acids is 1. The monoisotopic (exact) mass is 414 g/mol. The summed E-state index contributed by atoms with van der Waals surface area (Å²) in [5.74, 6) is 0.364. The van der Waals surface area contributed by atoms with Gasteiger partial charge >= 0.3 is 0 Å². The van der Waals surface area contributed by atoms with E-state index in [1.54, 1.807) is 18.2 Å². The lowest BCUT2D eigenvalue weighted by Crippen LogP contribution is -2.34. The lowest BCUT2D eigenvalue weighted by atomic mass is 10.1. The van der Waals surface area contributed by atoms with Crippen LogP contribution in [0.4, 0.5) is 0 Å². The zero-order valence-electron chi connectivity index (χ0n) is 16.7. The average Bonchev–Trinajstić information content (AvgIpc) is 3.24. The van der Waals surface area contributed by atoms with Gasteiger partial charge in [-0.2, -0.15) is 10.1 Å². The average molecular weight is 415 g/mol. The van der Waals surface area contributed by atoms with Crippen molar-refractivity contribution in [3.05, 3.63) is 40.9 Å². The maximum absolute atomic E-state index is 13.0. The first-order valence-electron chi connectivity index (χ1n) is 9.89. The van der Waals surface area contributed by atoms with E-state index in [9.17, 15) is 9.59 Å². The van der Waals surface area contributed by atoms with E-state index < -0.39 is 0 Å². The third kappa shape index (κ3) is 5.44. The molecule has 2 heterocycles. The number of para-hydroxylation sites is 1. The largest absolute Gasteiger partial charge is 0.353 e. The predicted octanol–water partition coefficient (Wildman–Crippen LogP) is 3.07. The number of nitrogens with zero attached hydrogens (tertiary/aromatic N) is 4. The van der Waals surface area contributed by atoms with E-state index in [0.29, 0.717) is 16.1 Å². The number of carbonyl (C=O) groups is 1. The molecule has 3 aromatic rings. The van der Waals surface area contributed by atoms with Crippen LogP contribution < -0.4 is 10.9 Å². The molecule has 0 aliphatic heterocycles. The minimum Gasteiger partial charge on any atom is -0.353 e. The zero-order chi connectivity index (χ0) is 20.6. The highest BCUT2D eigenvalue weighted by Gasteiger charge is 2.17. The maximum Gasteiger partial charge on any atom is 0.269 e. The highest BCUT2D eigenvalue weighted by molar-refractivity contribution is 7.99. The van der Waals surface area contributed by atoms with Crippen molar-refractivity contribution in [3.63, 3.8) is 0 Å². The van der Waals surface area contributed by atoms with Gasteiger partial charge < -0.3 is 5.32 Å². The summed E-state index contributed by atoms with van der Waals surface area (Å²) in [5, 5.41) is 10.4. The normalized spacial score (nSPS) is 12.2. The summed E-state index contributed by atoms with van der Waals surface area (Å²) in [6.45, 7) is 4.20. The summed E-state index contributed by atoms with van der Waals surface area (Å²) in [4.78, 5) is 34.0. The van der Waals surface area contributed by atoms with Gasteiger partial charge in [-0.15, -0.1) is 0 Å². The van der Waals surface area contributed by atoms with Crippen molar-refractivity contribution in [2.75, 3.05) is 5.75 Å². The highest BCUT2D eigenvalue weighted by atomic mass is 32.2. The van der Waals surface area contributed by atoms with Gasteiger partial charge in [0.1, 0.15) is 6.33 Å². The van der Waals surface area contributed by atoms with Crippen LogP contribution in [0.15, 0.2) is 40.5 Å². The van der Waals surface area contributed by atoms with Crippen LogP contribution in [-0.2, 0) is 4.79 Å². The Kier molecular flexibility index (Phi) is 7.40. The van der Waals surface area contributed by atoms with Gasteiger partial charge in [-0.05, 0) is 25.5 Å². The van der Waals surface area contributed by atoms with Crippen LogP contribution >= 0.6 is 11.8 Å². The number of aromatic nitrogens is 5. The van der Waals surface area contributed by atoms with Gasteiger partial charge in [0.25, 0.3) is 5.56 Å². The van der Waals surface area contributed by atoms with Crippen LogP contribution in [-0.4, -0.2) is 42.4 Å². The van der Waals surface area contributed by atoms with Crippen LogP contribution in [0.5, 0.6) is 0 Å². The Balaban J connectivity index is 1.72. The van der Waals surface area contributed by atoms with E-state index in [0.717, 1.165) is 12.8 Å². The molecule has 8 nitrogen and oxygen atoms in total. The van der Waals surface area contributed by atoms with E-state index >= 15 is 0 Å². The summed E-state index contributed by atoms with van der Waals surface area (Å²) in [5.41, 5.74) is 0.333. The van der Waals surface area contributed by atoms with Crippen molar-refractivity contribution < 1.29 is 4.79 Å². The predicted molar refractivity (Wildman–Crippen MR) is 114 cm³/mol. The Morgan fingerprint density at radius 3 is 2.86 bits per heavy atom. The molecule has 0 aliphatic rings. The second-order valence-corrected chi connectivity index (χ2v) is 7.91. The van der Waals surface area contributed by atoms with Crippen molar-refractivity contribution in [2.24, 2.45) is 0 Å². The van der Waals surface area contributed by atoms with E-state index in [1.807, 2.05) is 13.0 Å². The number of thioether (sulfide) groups is 1. The fraction of sp³-hybridized carbons (Fsp3) is 0.450. The summed E-state index contributed by atoms with van der Waals surface area (Å²) in [6, 6.07) is 7.25. The maximum atomic E-state index is 13.0. The number of amides is 1. The van der Waals surface area contributed by atoms with Crippen LogP contribution in [0, 0.1) is 0 Å². The molecule has 0 fully saturated rings. The Morgan fingerprint density at radius 2 is 2.10 bits per heavy atom. The number of fused-ring (bicyclic) bond motifs is 1. The van der Waals surface area contributed by atoms with Crippen molar-refractivity contribution in [1.82, 2.24) is 30.0 Å². The van der Waals surface area contributed by atoms with Crippen molar-refractivity contribution in [3.8, 4) is 5.95 Å². The minimum absolute atomic E-state index is 0.0791. The molecule has 0 radical (unpaired) electrons. The topological polar surface area (TPSA) is 106 Å². The first-order valence-corrected chi connectivity index (χ1v) is 10.9. The second-order valence-electron chi connectivity index (χ2n) is 6.97. The number of hydrogen-bond acceptors (Lipinski definition) is 6. The van der Waals surface area contributed by atoms with Crippen LogP contribution in [0.1, 0.15) is 46.0 Å². The van der Waals surface area contributed by atoms with Gasteiger partial charge in [0.05, 0.1) is 16.7 Å². The molecule has 2 aromatic heterocycles. The smallest absolute Gasteiger partial charge is 0.269 e. The van der Waals surface area contributed by atoms with Gasteiger partial charge in [0, 0.05) is 6.04 Å². The molecular weight excluding hydrogens is 388 g/mol. The number of benzene rings is 1. The number of aromatic amines is 1. The van der Waals surface area contributed by atoms with Gasteiger partial charge in [0.15, 0.2) is 5.16 Å². The van der Waals surface area contributed by atoms with Crippen molar-refractivity contribution in [1.29, 1.82) is 0 Å². The first kappa shape index (κ1) is 21.0. The molecule has 0 unspecified atom stereocenters. The van der Waals surface area contributed by atoms with Gasteiger partial charge in [0.2, 0.25) is 11.9 Å². The third-order valence-electron chi connectivity index (χ3n) is 4.59. The molecule has 1 atom stereocenters. The molecule has 0 saturated heterocycles. The zero-order valence-corrected chi connectivity index (χ0v) is 17.5. The highest BCUT2D eigenvalue weighted by Crippen LogP contribution is 2.19. The van der Waals surface area contributed by atoms with Crippen LogP contribution in [0.25, 0.3) is 16.9 Å². The Bertz CT molecular complexity index is 1000. The van der Waals surface area contributed by atoms with Gasteiger partial charge in [-0.25, -0.2) is 14.6 Å². The van der Waals surface area contributed by atoms with E-state index in [-0.39, 0.29) is 29.2 Å². The lowest BCUT2D eigenvalue weighted by Gasteiger charge is -2.14.